The predicted molar refractivity (Wildman–Crippen MR) is 64.1 cm³/mol. The van der Waals surface area contributed by atoms with Crippen molar-refractivity contribution in [3.8, 4) is 17.0 Å². The van der Waals surface area contributed by atoms with Crippen LogP contribution in [0, 0.1) is 0 Å². The molecular weight excluding hydrogens is 216 g/mol. The summed E-state index contributed by atoms with van der Waals surface area (Å²) in [6, 6.07) is 7.82. The molecule has 0 saturated carbocycles. The van der Waals surface area contributed by atoms with E-state index < -0.39 is 0 Å². The van der Waals surface area contributed by atoms with E-state index in [1.54, 1.807) is 13.4 Å². The van der Waals surface area contributed by atoms with Gasteiger partial charge in [-0.3, -0.25) is 0 Å². The van der Waals surface area contributed by atoms with Crippen LogP contribution < -0.4 is 10.1 Å². The Morgan fingerprint density at radius 1 is 1.29 bits per heavy atom. The third-order valence-corrected chi connectivity index (χ3v) is 3.04. The Balaban J connectivity index is 1.84. The minimum Gasteiger partial charge on any atom is -0.497 e. The fourth-order valence-electron chi connectivity index (χ4n) is 1.83. The van der Waals surface area contributed by atoms with Crippen LogP contribution in [0.4, 0.5) is 0 Å². The molecule has 2 heterocycles. The van der Waals surface area contributed by atoms with Gasteiger partial charge in [0.2, 0.25) is 0 Å². The first-order chi connectivity index (χ1) is 8.36. The molecule has 0 aliphatic carbocycles. The molecule has 1 saturated heterocycles. The molecule has 17 heavy (non-hydrogen) atoms. The van der Waals surface area contributed by atoms with Crippen molar-refractivity contribution in [1.82, 2.24) is 10.3 Å². The maximum atomic E-state index is 5.50. The Morgan fingerprint density at radius 3 is 2.65 bits per heavy atom. The van der Waals surface area contributed by atoms with Crippen LogP contribution in [0.3, 0.4) is 0 Å². The van der Waals surface area contributed by atoms with Gasteiger partial charge in [0, 0.05) is 18.7 Å². The van der Waals surface area contributed by atoms with Gasteiger partial charge in [-0.1, -0.05) is 0 Å². The molecule has 88 valence electrons. The van der Waals surface area contributed by atoms with Gasteiger partial charge in [-0.25, -0.2) is 4.98 Å². The molecule has 4 nitrogen and oxygen atoms in total. The Bertz CT molecular complexity index is 500. The second-order valence-corrected chi connectivity index (χ2v) is 4.15. The van der Waals surface area contributed by atoms with E-state index in [0.717, 1.165) is 36.0 Å². The zero-order valence-corrected chi connectivity index (χ0v) is 9.64. The number of ether oxygens (including phenoxy) is 1. The highest BCUT2D eigenvalue weighted by Gasteiger charge is 2.23. The van der Waals surface area contributed by atoms with E-state index in [1.807, 2.05) is 24.3 Å². The zero-order valence-electron chi connectivity index (χ0n) is 9.64. The molecule has 0 amide bonds. The minimum atomic E-state index is 0.432. The monoisotopic (exact) mass is 230 g/mol. The van der Waals surface area contributed by atoms with Gasteiger partial charge in [0.15, 0.2) is 5.89 Å². The van der Waals surface area contributed by atoms with Gasteiger partial charge in [0.1, 0.15) is 17.7 Å². The molecule has 0 atom stereocenters. The topological polar surface area (TPSA) is 47.3 Å². The molecule has 0 spiro atoms. The molecule has 0 radical (unpaired) electrons. The smallest absolute Gasteiger partial charge is 0.200 e. The van der Waals surface area contributed by atoms with E-state index in [1.165, 1.54) is 0 Å². The van der Waals surface area contributed by atoms with Crippen LogP contribution in [0.2, 0.25) is 0 Å². The Morgan fingerprint density at radius 2 is 2.06 bits per heavy atom. The predicted octanol–water partition coefficient (Wildman–Crippen LogP) is 2.04. The van der Waals surface area contributed by atoms with Crippen molar-refractivity contribution in [2.75, 3.05) is 20.2 Å². The van der Waals surface area contributed by atoms with Crippen LogP contribution in [-0.2, 0) is 0 Å². The van der Waals surface area contributed by atoms with Crippen molar-refractivity contribution in [3.63, 3.8) is 0 Å². The maximum absolute atomic E-state index is 5.50. The molecule has 1 aliphatic rings. The number of hydrogen-bond donors (Lipinski definition) is 1. The Hall–Kier alpha value is -1.81. The quantitative estimate of drug-likeness (QED) is 0.876. The lowest BCUT2D eigenvalue weighted by atomic mass is 10.0. The van der Waals surface area contributed by atoms with Gasteiger partial charge >= 0.3 is 0 Å². The average molecular weight is 230 g/mol. The molecular formula is C13H14N2O2. The molecule has 1 aliphatic heterocycles. The number of oxazole rings is 1. The van der Waals surface area contributed by atoms with Crippen molar-refractivity contribution in [3.05, 3.63) is 36.4 Å². The van der Waals surface area contributed by atoms with E-state index in [-0.39, 0.29) is 0 Å². The molecule has 1 N–H and O–H groups in total. The van der Waals surface area contributed by atoms with Crippen LogP contribution in [0.5, 0.6) is 5.75 Å². The lowest BCUT2D eigenvalue weighted by Crippen LogP contribution is -2.40. The summed E-state index contributed by atoms with van der Waals surface area (Å²) in [6.07, 6.45) is 1.72. The van der Waals surface area contributed by atoms with E-state index in [4.69, 9.17) is 9.15 Å². The van der Waals surface area contributed by atoms with Crippen molar-refractivity contribution in [1.29, 1.82) is 0 Å². The molecule has 0 unspecified atom stereocenters. The summed E-state index contributed by atoms with van der Waals surface area (Å²) in [6.45, 7) is 1.92. The number of rotatable bonds is 3. The highest BCUT2D eigenvalue weighted by atomic mass is 16.5. The molecule has 1 aromatic heterocycles. The van der Waals surface area contributed by atoms with Crippen LogP contribution in [0.25, 0.3) is 11.3 Å². The minimum absolute atomic E-state index is 0.432. The normalized spacial score (nSPS) is 15.6. The van der Waals surface area contributed by atoms with Crippen molar-refractivity contribution < 1.29 is 9.15 Å². The summed E-state index contributed by atoms with van der Waals surface area (Å²) >= 11 is 0. The SMILES string of the molecule is COc1ccc(-c2coc(C3CNC3)n2)cc1. The van der Waals surface area contributed by atoms with Gasteiger partial charge in [-0.2, -0.15) is 0 Å². The molecule has 1 aromatic carbocycles. The lowest BCUT2D eigenvalue weighted by Gasteiger charge is -2.23. The van der Waals surface area contributed by atoms with Crippen molar-refractivity contribution in [2.24, 2.45) is 0 Å². The van der Waals surface area contributed by atoms with E-state index >= 15 is 0 Å². The Labute approximate surface area is 99.6 Å². The maximum Gasteiger partial charge on any atom is 0.200 e. The van der Waals surface area contributed by atoms with Gasteiger partial charge in [-0.05, 0) is 24.3 Å². The van der Waals surface area contributed by atoms with Crippen LogP contribution >= 0.6 is 0 Å². The molecule has 3 rings (SSSR count). The fraction of sp³-hybridized carbons (Fsp3) is 0.308. The second-order valence-electron chi connectivity index (χ2n) is 4.15. The first-order valence-electron chi connectivity index (χ1n) is 5.67. The van der Waals surface area contributed by atoms with E-state index in [2.05, 4.69) is 10.3 Å². The van der Waals surface area contributed by atoms with Gasteiger partial charge < -0.3 is 14.5 Å². The van der Waals surface area contributed by atoms with Crippen molar-refractivity contribution in [2.45, 2.75) is 5.92 Å². The summed E-state index contributed by atoms with van der Waals surface area (Å²) in [5.41, 5.74) is 1.93. The summed E-state index contributed by atoms with van der Waals surface area (Å²) < 4.78 is 10.6. The standard InChI is InChI=1S/C13H14N2O2/c1-16-11-4-2-9(3-5-11)12-8-17-13(15-12)10-6-14-7-10/h2-5,8,10,14H,6-7H2,1H3. The van der Waals surface area contributed by atoms with Crippen LogP contribution in [0.15, 0.2) is 34.9 Å². The number of nitrogens with zero attached hydrogens (tertiary/aromatic N) is 1. The third-order valence-electron chi connectivity index (χ3n) is 3.04. The first kappa shape index (κ1) is 10.4. The first-order valence-corrected chi connectivity index (χ1v) is 5.67. The zero-order chi connectivity index (χ0) is 11.7. The fourth-order valence-corrected chi connectivity index (χ4v) is 1.83. The summed E-state index contributed by atoms with van der Waals surface area (Å²) in [7, 11) is 1.66. The number of hydrogen-bond acceptors (Lipinski definition) is 4. The summed E-state index contributed by atoms with van der Waals surface area (Å²) in [5, 5.41) is 3.21. The molecule has 1 fully saturated rings. The van der Waals surface area contributed by atoms with E-state index in [9.17, 15) is 0 Å². The average Bonchev–Trinajstić information content (AvgIpc) is 2.76. The summed E-state index contributed by atoms with van der Waals surface area (Å²) in [5.74, 6) is 2.11. The highest BCUT2D eigenvalue weighted by Crippen LogP contribution is 2.25. The molecule has 2 aromatic rings. The number of benzene rings is 1. The molecule has 4 heteroatoms. The number of nitrogens with one attached hydrogen (secondary N) is 1. The van der Waals surface area contributed by atoms with Crippen LogP contribution in [-0.4, -0.2) is 25.2 Å². The van der Waals surface area contributed by atoms with Crippen LogP contribution in [0.1, 0.15) is 11.8 Å². The van der Waals surface area contributed by atoms with Gasteiger partial charge in [0.25, 0.3) is 0 Å². The highest BCUT2D eigenvalue weighted by molar-refractivity contribution is 5.59. The number of aromatic nitrogens is 1. The van der Waals surface area contributed by atoms with E-state index in [0.29, 0.717) is 5.92 Å². The largest absolute Gasteiger partial charge is 0.497 e. The van der Waals surface area contributed by atoms with Gasteiger partial charge in [0.05, 0.1) is 13.0 Å². The lowest BCUT2D eigenvalue weighted by molar-refractivity contribution is 0.357. The third kappa shape index (κ3) is 1.91. The second kappa shape index (κ2) is 4.22. The Kier molecular flexibility index (Phi) is 2.57. The molecule has 0 bridgehead atoms. The van der Waals surface area contributed by atoms with Crippen molar-refractivity contribution >= 4 is 0 Å². The number of methoxy groups -OCH3 is 1. The summed E-state index contributed by atoms with van der Waals surface area (Å²) in [4.78, 5) is 4.51. The van der Waals surface area contributed by atoms with Gasteiger partial charge in [-0.15, -0.1) is 0 Å².